The van der Waals surface area contributed by atoms with Gasteiger partial charge in [0, 0.05) is 16.1 Å². The summed E-state index contributed by atoms with van der Waals surface area (Å²) in [5.41, 5.74) is 1.49. The topological polar surface area (TPSA) is 50.7 Å². The van der Waals surface area contributed by atoms with Crippen LogP contribution in [-0.2, 0) is 6.18 Å². The molecule has 136 valence electrons. The van der Waals surface area contributed by atoms with E-state index in [1.165, 1.54) is 13.0 Å². The Morgan fingerprint density at radius 3 is 2.58 bits per heavy atom. The molecule has 3 aromatic rings. The van der Waals surface area contributed by atoms with Crippen LogP contribution in [0.25, 0.3) is 10.9 Å². The van der Waals surface area contributed by atoms with E-state index in [0.29, 0.717) is 22.6 Å². The van der Waals surface area contributed by atoms with Crippen LogP contribution in [0, 0.1) is 13.8 Å². The summed E-state index contributed by atoms with van der Waals surface area (Å²) in [6.45, 7) is 5.08. The van der Waals surface area contributed by atoms with Gasteiger partial charge in [-0.2, -0.15) is 18.3 Å². The molecule has 0 aliphatic rings. The summed E-state index contributed by atoms with van der Waals surface area (Å²) < 4.78 is 40.3. The van der Waals surface area contributed by atoms with Gasteiger partial charge in [0.2, 0.25) is 0 Å². The number of hydrogen-bond donors (Lipinski definition) is 1. The lowest BCUT2D eigenvalue weighted by Gasteiger charge is -2.20. The molecule has 0 saturated heterocycles. The molecule has 3 rings (SSSR count). The largest absolute Gasteiger partial charge is 0.416 e. The van der Waals surface area contributed by atoms with Crippen LogP contribution in [0.5, 0.6) is 0 Å². The maximum Gasteiger partial charge on any atom is 0.416 e. The van der Waals surface area contributed by atoms with Crippen molar-refractivity contribution >= 4 is 32.7 Å². The summed E-state index contributed by atoms with van der Waals surface area (Å²) in [5, 5.41) is 12.2. The molecule has 1 atom stereocenters. The molecule has 1 aromatic carbocycles. The van der Waals surface area contributed by atoms with Crippen LogP contribution in [-0.4, -0.2) is 15.2 Å². The van der Waals surface area contributed by atoms with Crippen molar-refractivity contribution < 1.29 is 13.2 Å². The predicted octanol–water partition coefficient (Wildman–Crippen LogP) is 5.60. The van der Waals surface area contributed by atoms with Crippen LogP contribution < -0.4 is 5.32 Å². The van der Waals surface area contributed by atoms with Gasteiger partial charge < -0.3 is 5.32 Å². The number of nitrogens with one attached hydrogen (secondary N) is 1. The Morgan fingerprint density at radius 2 is 1.88 bits per heavy atom. The second-order valence-electron chi connectivity index (χ2n) is 6.07. The average molecular weight is 425 g/mol. The number of rotatable bonds is 3. The standard InChI is InChI=1S/C18H16BrF3N4/c1-9-13(5-4-6-15(9)18(20,21)22)10(2)24-17-14-7-12(19)8-23-16(14)11(3)25-26-17/h4-8,10H,1-3H3,(H,24,26)/t10-/m1/s1. The smallest absolute Gasteiger partial charge is 0.361 e. The minimum absolute atomic E-state index is 0.198. The highest BCUT2D eigenvalue weighted by Crippen LogP contribution is 2.35. The lowest BCUT2D eigenvalue weighted by atomic mass is 9.97. The minimum atomic E-state index is -4.38. The Bertz CT molecular complexity index is 973. The Morgan fingerprint density at radius 1 is 1.15 bits per heavy atom. The van der Waals surface area contributed by atoms with E-state index < -0.39 is 17.8 Å². The molecule has 1 N–H and O–H groups in total. The summed E-state index contributed by atoms with van der Waals surface area (Å²) >= 11 is 3.38. The molecule has 2 heterocycles. The molecule has 0 spiro atoms. The lowest BCUT2D eigenvalue weighted by Crippen LogP contribution is -2.14. The van der Waals surface area contributed by atoms with Gasteiger partial charge in [-0.1, -0.05) is 12.1 Å². The van der Waals surface area contributed by atoms with Crippen LogP contribution in [0.2, 0.25) is 0 Å². The molecule has 2 aromatic heterocycles. The third-order valence-electron chi connectivity index (χ3n) is 4.25. The van der Waals surface area contributed by atoms with Crippen molar-refractivity contribution in [1.29, 1.82) is 0 Å². The maximum absolute atomic E-state index is 13.2. The van der Waals surface area contributed by atoms with Gasteiger partial charge in [0.15, 0.2) is 5.82 Å². The van der Waals surface area contributed by atoms with E-state index in [4.69, 9.17) is 0 Å². The number of halogens is 4. The third-order valence-corrected chi connectivity index (χ3v) is 4.69. The Balaban J connectivity index is 2.02. The van der Waals surface area contributed by atoms with E-state index in [-0.39, 0.29) is 5.56 Å². The molecular weight excluding hydrogens is 409 g/mol. The monoisotopic (exact) mass is 424 g/mol. The van der Waals surface area contributed by atoms with Gasteiger partial charge in [-0.05, 0) is 60.0 Å². The number of hydrogen-bond acceptors (Lipinski definition) is 4. The van der Waals surface area contributed by atoms with Gasteiger partial charge in [-0.25, -0.2) is 0 Å². The Labute approximate surface area is 157 Å². The van der Waals surface area contributed by atoms with Crippen molar-refractivity contribution in [3.8, 4) is 0 Å². The van der Waals surface area contributed by atoms with Crippen molar-refractivity contribution in [1.82, 2.24) is 15.2 Å². The molecule has 0 aliphatic carbocycles. The Kier molecular flexibility index (Phi) is 4.88. The van der Waals surface area contributed by atoms with E-state index in [0.717, 1.165) is 15.9 Å². The fraction of sp³-hybridized carbons (Fsp3) is 0.278. The Hall–Kier alpha value is -2.22. The number of nitrogens with zero attached hydrogens (tertiary/aromatic N) is 3. The highest BCUT2D eigenvalue weighted by Gasteiger charge is 2.33. The second kappa shape index (κ2) is 6.83. The summed E-state index contributed by atoms with van der Waals surface area (Å²) in [6.07, 6.45) is -2.72. The van der Waals surface area contributed by atoms with Crippen molar-refractivity contribution in [3.05, 3.63) is 57.3 Å². The first-order chi connectivity index (χ1) is 12.2. The van der Waals surface area contributed by atoms with Crippen LogP contribution in [0.4, 0.5) is 19.0 Å². The summed E-state index contributed by atoms with van der Waals surface area (Å²) in [5.74, 6) is 0.476. The molecule has 0 fully saturated rings. The van der Waals surface area contributed by atoms with Gasteiger partial charge in [-0.15, -0.1) is 5.10 Å². The van der Waals surface area contributed by atoms with E-state index in [1.807, 2.05) is 6.07 Å². The quantitative estimate of drug-likeness (QED) is 0.594. The third kappa shape index (κ3) is 3.51. The van der Waals surface area contributed by atoms with Gasteiger partial charge in [0.05, 0.1) is 22.8 Å². The summed E-state index contributed by atoms with van der Waals surface area (Å²) in [6, 6.07) is 5.66. The SMILES string of the molecule is Cc1c([C@@H](C)Nc2nnc(C)c3ncc(Br)cc23)cccc1C(F)(F)F. The fourth-order valence-corrected chi connectivity index (χ4v) is 3.28. The number of aryl methyl sites for hydroxylation is 1. The number of anilines is 1. The molecule has 0 amide bonds. The maximum atomic E-state index is 13.2. The molecular formula is C18H16BrF3N4. The first-order valence-electron chi connectivity index (χ1n) is 7.90. The number of benzene rings is 1. The normalized spacial score (nSPS) is 13.0. The van der Waals surface area contributed by atoms with E-state index in [1.54, 1.807) is 26.1 Å². The van der Waals surface area contributed by atoms with Crippen LogP contribution in [0.3, 0.4) is 0 Å². The first kappa shape index (κ1) is 18.6. The molecule has 0 saturated carbocycles. The zero-order chi connectivity index (χ0) is 19.1. The van der Waals surface area contributed by atoms with Crippen molar-refractivity contribution in [2.24, 2.45) is 0 Å². The zero-order valence-electron chi connectivity index (χ0n) is 14.3. The molecule has 0 radical (unpaired) electrons. The van der Waals surface area contributed by atoms with Crippen LogP contribution >= 0.6 is 15.9 Å². The number of fused-ring (bicyclic) bond motifs is 1. The summed E-state index contributed by atoms with van der Waals surface area (Å²) in [7, 11) is 0. The minimum Gasteiger partial charge on any atom is -0.361 e. The molecule has 8 heteroatoms. The molecule has 4 nitrogen and oxygen atoms in total. The van der Waals surface area contributed by atoms with E-state index in [9.17, 15) is 13.2 Å². The van der Waals surface area contributed by atoms with Gasteiger partial charge in [0.1, 0.15) is 0 Å². The number of pyridine rings is 1. The number of aromatic nitrogens is 3. The van der Waals surface area contributed by atoms with Gasteiger partial charge in [-0.3, -0.25) is 4.98 Å². The molecule has 0 unspecified atom stereocenters. The average Bonchev–Trinajstić information content (AvgIpc) is 2.56. The number of alkyl halides is 3. The fourth-order valence-electron chi connectivity index (χ4n) is 2.95. The van der Waals surface area contributed by atoms with Gasteiger partial charge in [0.25, 0.3) is 0 Å². The van der Waals surface area contributed by atoms with Crippen molar-refractivity contribution in [2.75, 3.05) is 5.32 Å². The van der Waals surface area contributed by atoms with E-state index >= 15 is 0 Å². The van der Waals surface area contributed by atoms with Crippen molar-refractivity contribution in [2.45, 2.75) is 33.0 Å². The van der Waals surface area contributed by atoms with Crippen LogP contribution in [0.1, 0.15) is 35.3 Å². The highest BCUT2D eigenvalue weighted by atomic mass is 79.9. The van der Waals surface area contributed by atoms with Crippen LogP contribution in [0.15, 0.2) is 34.9 Å². The van der Waals surface area contributed by atoms with E-state index in [2.05, 4.69) is 36.4 Å². The molecule has 26 heavy (non-hydrogen) atoms. The molecule has 0 aliphatic heterocycles. The van der Waals surface area contributed by atoms with Gasteiger partial charge >= 0.3 is 6.18 Å². The first-order valence-corrected chi connectivity index (χ1v) is 8.69. The molecule has 0 bridgehead atoms. The predicted molar refractivity (Wildman–Crippen MR) is 98.0 cm³/mol. The zero-order valence-corrected chi connectivity index (χ0v) is 15.9. The lowest BCUT2D eigenvalue weighted by molar-refractivity contribution is -0.138. The summed E-state index contributed by atoms with van der Waals surface area (Å²) in [4.78, 5) is 4.35. The second-order valence-corrected chi connectivity index (χ2v) is 6.98. The highest BCUT2D eigenvalue weighted by molar-refractivity contribution is 9.10. The van der Waals surface area contributed by atoms with Crippen molar-refractivity contribution in [3.63, 3.8) is 0 Å².